The first-order chi connectivity index (χ1) is 10.4. The monoisotopic (exact) mass is 305 g/mol. The summed E-state index contributed by atoms with van der Waals surface area (Å²) in [6.45, 7) is 2.99. The van der Waals surface area contributed by atoms with Crippen LogP contribution in [0.25, 0.3) is 0 Å². The average molecular weight is 305 g/mol. The molecule has 0 aliphatic carbocycles. The maximum absolute atomic E-state index is 12.5. The molecule has 116 valence electrons. The molecule has 0 fully saturated rings. The van der Waals surface area contributed by atoms with Gasteiger partial charge in [-0.15, -0.1) is 0 Å². The minimum absolute atomic E-state index is 0.121. The minimum Gasteiger partial charge on any atom is -0.457 e. The molecular formula is C15H15NO6. The Kier molecular flexibility index (Phi) is 3.16. The van der Waals surface area contributed by atoms with Gasteiger partial charge in [-0.1, -0.05) is 6.92 Å². The summed E-state index contributed by atoms with van der Waals surface area (Å²) in [5, 5.41) is 0. The molecule has 1 unspecified atom stereocenters. The fraction of sp³-hybridized carbons (Fsp3) is 0.467. The zero-order valence-electron chi connectivity index (χ0n) is 12.3. The Morgan fingerprint density at radius 1 is 1.41 bits per heavy atom. The summed E-state index contributed by atoms with van der Waals surface area (Å²) >= 11 is 0. The highest BCUT2D eigenvalue weighted by Gasteiger charge is 2.50. The topological polar surface area (TPSA) is 91.7 Å². The van der Waals surface area contributed by atoms with Crippen molar-refractivity contribution >= 4 is 17.7 Å². The van der Waals surface area contributed by atoms with Gasteiger partial charge in [0, 0.05) is 25.5 Å². The van der Waals surface area contributed by atoms with Gasteiger partial charge in [-0.2, -0.15) is 0 Å². The summed E-state index contributed by atoms with van der Waals surface area (Å²) in [7, 11) is 0. The number of carbonyl (C=O) groups is 3. The molecular weight excluding hydrogens is 290 g/mol. The number of cyclic esters (lactones) is 1. The van der Waals surface area contributed by atoms with E-state index < -0.39 is 17.5 Å². The molecule has 0 aromatic carbocycles. The van der Waals surface area contributed by atoms with Crippen LogP contribution in [0.4, 0.5) is 0 Å². The fourth-order valence-electron chi connectivity index (χ4n) is 3.10. The van der Waals surface area contributed by atoms with Gasteiger partial charge in [0.15, 0.2) is 5.78 Å². The van der Waals surface area contributed by atoms with E-state index in [4.69, 9.17) is 9.47 Å². The molecule has 0 bridgehead atoms. The molecule has 0 saturated carbocycles. The van der Waals surface area contributed by atoms with Gasteiger partial charge in [-0.05, 0) is 12.5 Å². The van der Waals surface area contributed by atoms with Crippen molar-refractivity contribution < 1.29 is 23.9 Å². The van der Waals surface area contributed by atoms with Crippen molar-refractivity contribution in [3.8, 4) is 0 Å². The largest absolute Gasteiger partial charge is 0.457 e. The second-order valence-electron chi connectivity index (χ2n) is 5.40. The SMILES string of the molecule is CCC1(OC(C)=O)C(=O)OCc2c1cc1n(c2=O)CCC1=O. The van der Waals surface area contributed by atoms with Crippen LogP contribution in [0.15, 0.2) is 10.9 Å². The molecule has 0 radical (unpaired) electrons. The second-order valence-corrected chi connectivity index (χ2v) is 5.40. The van der Waals surface area contributed by atoms with Crippen LogP contribution in [0.1, 0.15) is 48.3 Å². The van der Waals surface area contributed by atoms with Crippen molar-refractivity contribution in [2.24, 2.45) is 0 Å². The van der Waals surface area contributed by atoms with Gasteiger partial charge in [-0.3, -0.25) is 14.4 Å². The van der Waals surface area contributed by atoms with E-state index in [1.54, 1.807) is 6.92 Å². The number of ether oxygens (including phenoxy) is 2. The van der Waals surface area contributed by atoms with Crippen LogP contribution in [-0.4, -0.2) is 22.3 Å². The van der Waals surface area contributed by atoms with Crippen LogP contribution in [-0.2, 0) is 37.8 Å². The van der Waals surface area contributed by atoms with Gasteiger partial charge < -0.3 is 14.0 Å². The van der Waals surface area contributed by atoms with Gasteiger partial charge in [-0.25, -0.2) is 4.79 Å². The molecule has 22 heavy (non-hydrogen) atoms. The molecule has 0 N–H and O–H groups in total. The van der Waals surface area contributed by atoms with Crippen molar-refractivity contribution in [3.05, 3.63) is 33.2 Å². The van der Waals surface area contributed by atoms with E-state index in [1.807, 2.05) is 0 Å². The highest BCUT2D eigenvalue weighted by atomic mass is 16.6. The van der Waals surface area contributed by atoms with E-state index in [1.165, 1.54) is 17.6 Å². The lowest BCUT2D eigenvalue weighted by molar-refractivity contribution is -0.188. The van der Waals surface area contributed by atoms with Gasteiger partial charge >= 0.3 is 11.9 Å². The molecule has 1 aromatic rings. The molecule has 1 atom stereocenters. The smallest absolute Gasteiger partial charge is 0.355 e. The molecule has 1 aromatic heterocycles. The first-order valence-electron chi connectivity index (χ1n) is 7.08. The first-order valence-corrected chi connectivity index (χ1v) is 7.08. The maximum atomic E-state index is 12.5. The lowest BCUT2D eigenvalue weighted by Crippen LogP contribution is -2.47. The molecule has 0 saturated heterocycles. The Morgan fingerprint density at radius 2 is 2.14 bits per heavy atom. The van der Waals surface area contributed by atoms with Crippen LogP contribution >= 0.6 is 0 Å². The van der Waals surface area contributed by atoms with Crippen LogP contribution in [0.5, 0.6) is 0 Å². The van der Waals surface area contributed by atoms with Crippen molar-refractivity contribution in [1.29, 1.82) is 0 Å². The number of Topliss-reactive ketones (excluding diaryl/α,β-unsaturated/α-hetero) is 1. The van der Waals surface area contributed by atoms with E-state index in [-0.39, 0.29) is 47.6 Å². The summed E-state index contributed by atoms with van der Waals surface area (Å²) < 4.78 is 11.7. The van der Waals surface area contributed by atoms with E-state index in [9.17, 15) is 19.2 Å². The molecule has 2 aliphatic rings. The first kappa shape index (κ1) is 14.5. The standard InChI is InChI=1S/C15H15NO6/c1-3-15(22-8(2)17)10-6-11-12(18)4-5-16(11)13(19)9(10)7-21-14(15)20/h6H,3-5,7H2,1-2H3. The third-order valence-electron chi connectivity index (χ3n) is 4.18. The highest BCUT2D eigenvalue weighted by Crippen LogP contribution is 2.37. The Balaban J connectivity index is 2.30. The average Bonchev–Trinajstić information content (AvgIpc) is 2.84. The lowest BCUT2D eigenvalue weighted by atomic mass is 9.85. The van der Waals surface area contributed by atoms with Crippen molar-refractivity contribution in [3.63, 3.8) is 0 Å². The van der Waals surface area contributed by atoms with Crippen molar-refractivity contribution in [1.82, 2.24) is 4.57 Å². The number of nitrogens with zero attached hydrogens (tertiary/aromatic N) is 1. The minimum atomic E-state index is -1.66. The third-order valence-corrected chi connectivity index (χ3v) is 4.18. The summed E-state index contributed by atoms with van der Waals surface area (Å²) in [5.74, 6) is -1.53. The van der Waals surface area contributed by atoms with Gasteiger partial charge in [0.1, 0.15) is 6.61 Å². The molecule has 7 nitrogen and oxygen atoms in total. The number of hydrogen-bond acceptors (Lipinski definition) is 6. The molecule has 3 rings (SSSR count). The summed E-state index contributed by atoms with van der Waals surface area (Å²) in [5.41, 5.74) is -1.23. The lowest BCUT2D eigenvalue weighted by Gasteiger charge is -2.35. The molecule has 2 aliphatic heterocycles. The van der Waals surface area contributed by atoms with E-state index in [2.05, 4.69) is 0 Å². The number of aromatic nitrogens is 1. The zero-order chi connectivity index (χ0) is 16.1. The predicted molar refractivity (Wildman–Crippen MR) is 73.2 cm³/mol. The Labute approximate surface area is 125 Å². The number of esters is 2. The fourth-order valence-corrected chi connectivity index (χ4v) is 3.10. The van der Waals surface area contributed by atoms with Crippen molar-refractivity contribution in [2.45, 2.75) is 45.4 Å². The van der Waals surface area contributed by atoms with Gasteiger partial charge in [0.25, 0.3) is 5.56 Å². The van der Waals surface area contributed by atoms with Crippen LogP contribution in [0.3, 0.4) is 0 Å². The third kappa shape index (κ3) is 1.81. The number of carbonyl (C=O) groups excluding carboxylic acids is 3. The van der Waals surface area contributed by atoms with E-state index in [0.29, 0.717) is 6.54 Å². The zero-order valence-corrected chi connectivity index (χ0v) is 12.3. The number of fused-ring (bicyclic) bond motifs is 2. The van der Waals surface area contributed by atoms with Crippen molar-refractivity contribution in [2.75, 3.05) is 0 Å². The number of pyridine rings is 1. The normalized spacial score (nSPS) is 22.8. The summed E-state index contributed by atoms with van der Waals surface area (Å²) in [4.78, 5) is 48.1. The van der Waals surface area contributed by atoms with E-state index in [0.717, 1.165) is 0 Å². The highest BCUT2D eigenvalue weighted by molar-refractivity contribution is 5.97. The molecule has 0 amide bonds. The van der Waals surface area contributed by atoms with Gasteiger partial charge in [0.2, 0.25) is 5.60 Å². The Hall–Kier alpha value is -2.44. The quantitative estimate of drug-likeness (QED) is 0.745. The Bertz CT molecular complexity index is 762. The molecule has 0 spiro atoms. The molecule has 3 heterocycles. The van der Waals surface area contributed by atoms with Crippen LogP contribution in [0, 0.1) is 0 Å². The summed E-state index contributed by atoms with van der Waals surface area (Å²) in [6.07, 6.45) is 0.370. The Morgan fingerprint density at radius 3 is 2.77 bits per heavy atom. The predicted octanol–water partition coefficient (Wildman–Crippen LogP) is 0.660. The summed E-state index contributed by atoms with van der Waals surface area (Å²) in [6, 6.07) is 1.50. The molecule has 7 heteroatoms. The second kappa shape index (κ2) is 4.79. The number of ketones is 1. The maximum Gasteiger partial charge on any atom is 0.355 e. The number of rotatable bonds is 2. The number of hydrogen-bond donors (Lipinski definition) is 0. The van der Waals surface area contributed by atoms with Gasteiger partial charge in [0.05, 0.1) is 11.3 Å². The van der Waals surface area contributed by atoms with Crippen LogP contribution < -0.4 is 5.56 Å². The van der Waals surface area contributed by atoms with E-state index >= 15 is 0 Å². The van der Waals surface area contributed by atoms with Crippen LogP contribution in [0.2, 0.25) is 0 Å².